The molecule has 0 spiro atoms. The predicted octanol–water partition coefficient (Wildman–Crippen LogP) is 4.13. The van der Waals surface area contributed by atoms with Crippen molar-refractivity contribution >= 4 is 34.4 Å². The monoisotopic (exact) mass is 572 g/mol. The van der Waals surface area contributed by atoms with Gasteiger partial charge in [0.15, 0.2) is 17.6 Å². The molecule has 2 saturated heterocycles. The van der Waals surface area contributed by atoms with Gasteiger partial charge in [0.05, 0.1) is 24.7 Å². The van der Waals surface area contributed by atoms with Crippen LogP contribution in [0.2, 0.25) is 5.15 Å². The number of carbonyl (C=O) groups excluding carboxylic acids is 1. The van der Waals surface area contributed by atoms with Gasteiger partial charge in [-0.25, -0.2) is 18.0 Å². The fourth-order valence-electron chi connectivity index (χ4n) is 5.73. The average Bonchev–Trinajstić information content (AvgIpc) is 3.05. The molecule has 0 aromatic carbocycles. The largest absolute Gasteiger partial charge is 0.472 e. The first kappa shape index (κ1) is 27.8. The summed E-state index contributed by atoms with van der Waals surface area (Å²) in [5.74, 6) is -3.88. The summed E-state index contributed by atoms with van der Waals surface area (Å²) in [4.78, 5) is 30.9. The second kappa shape index (κ2) is 9.69. The van der Waals surface area contributed by atoms with Crippen LogP contribution >= 0.6 is 11.6 Å². The first-order valence-corrected chi connectivity index (χ1v) is 13.2. The number of alkyl halides is 2. The van der Waals surface area contributed by atoms with E-state index < -0.39 is 59.9 Å². The molecule has 1 amide bonds. The van der Waals surface area contributed by atoms with Crippen molar-refractivity contribution < 1.29 is 32.2 Å². The van der Waals surface area contributed by atoms with Crippen molar-refractivity contribution in [2.75, 3.05) is 38.7 Å². The number of carbonyl (C=O) groups is 1. The van der Waals surface area contributed by atoms with Crippen LogP contribution in [0.15, 0.2) is 0 Å². The number of rotatable bonds is 5. The van der Waals surface area contributed by atoms with E-state index >= 15 is 4.39 Å². The summed E-state index contributed by atoms with van der Waals surface area (Å²) in [6.07, 6.45) is 0.458. The summed E-state index contributed by atoms with van der Waals surface area (Å²) < 4.78 is 61.3. The van der Waals surface area contributed by atoms with Gasteiger partial charge in [0.1, 0.15) is 28.4 Å². The number of pyridine rings is 1. The van der Waals surface area contributed by atoms with Gasteiger partial charge in [0, 0.05) is 6.54 Å². The Morgan fingerprint density at radius 3 is 2.59 bits per heavy atom. The maximum Gasteiger partial charge on any atom is 0.410 e. The van der Waals surface area contributed by atoms with Crippen LogP contribution in [0.1, 0.15) is 40.5 Å². The molecule has 0 saturated carbocycles. The molecule has 2 bridgehead atoms. The van der Waals surface area contributed by atoms with E-state index in [0.29, 0.717) is 13.0 Å². The van der Waals surface area contributed by atoms with Crippen molar-refractivity contribution in [1.29, 1.82) is 0 Å². The molecular formula is C25H32ClF3N6O4. The van der Waals surface area contributed by atoms with Crippen molar-refractivity contribution in [2.24, 2.45) is 0 Å². The summed E-state index contributed by atoms with van der Waals surface area (Å²) in [5.41, 5.74) is -0.913. The summed E-state index contributed by atoms with van der Waals surface area (Å²) in [6, 6.07) is -1.35. The van der Waals surface area contributed by atoms with Crippen LogP contribution < -0.4 is 14.4 Å². The molecule has 5 heterocycles. The van der Waals surface area contributed by atoms with E-state index in [9.17, 15) is 13.6 Å². The van der Waals surface area contributed by atoms with Crippen LogP contribution in [0, 0.1) is 5.82 Å². The quantitative estimate of drug-likeness (QED) is 0.490. The molecule has 0 aliphatic carbocycles. The highest BCUT2D eigenvalue weighted by molar-refractivity contribution is 6.30. The van der Waals surface area contributed by atoms with Gasteiger partial charge < -0.3 is 24.0 Å². The summed E-state index contributed by atoms with van der Waals surface area (Å²) in [5, 5.41) is -0.307. The molecule has 5 rings (SSSR count). The lowest BCUT2D eigenvalue weighted by Gasteiger charge is -2.48. The van der Waals surface area contributed by atoms with Crippen molar-refractivity contribution in [1.82, 2.24) is 24.8 Å². The van der Waals surface area contributed by atoms with Gasteiger partial charge in [0.25, 0.3) is 5.92 Å². The number of hydrogen-bond donors (Lipinski definition) is 0. The Labute approximate surface area is 229 Å². The van der Waals surface area contributed by atoms with Crippen molar-refractivity contribution in [2.45, 2.75) is 76.3 Å². The summed E-state index contributed by atoms with van der Waals surface area (Å²) >= 11 is 6.07. The van der Waals surface area contributed by atoms with Crippen LogP contribution in [0.25, 0.3) is 10.9 Å². The number of anilines is 1. The fraction of sp³-hybridized carbons (Fsp3) is 0.680. The second-order valence-electron chi connectivity index (χ2n) is 11.6. The third-order valence-corrected chi connectivity index (χ3v) is 7.25. The molecule has 10 nitrogen and oxygen atoms in total. The van der Waals surface area contributed by atoms with Crippen LogP contribution in [-0.2, 0) is 4.74 Å². The first-order chi connectivity index (χ1) is 18.1. The smallest absolute Gasteiger partial charge is 0.410 e. The summed E-state index contributed by atoms with van der Waals surface area (Å²) in [6.45, 7) is 6.03. The Balaban J connectivity index is 1.57. The molecule has 0 N–H and O–H groups in total. The maximum absolute atomic E-state index is 15.3. The van der Waals surface area contributed by atoms with E-state index in [1.807, 2.05) is 32.6 Å². The highest BCUT2D eigenvalue weighted by atomic mass is 35.5. The molecule has 4 atom stereocenters. The number of aromatic nitrogens is 3. The lowest BCUT2D eigenvalue weighted by molar-refractivity contribution is -0.0592. The van der Waals surface area contributed by atoms with Gasteiger partial charge in [0.2, 0.25) is 5.88 Å². The molecular weight excluding hydrogens is 541 g/mol. The van der Waals surface area contributed by atoms with Gasteiger partial charge in [-0.2, -0.15) is 15.0 Å². The number of ether oxygens (including phenoxy) is 3. The van der Waals surface area contributed by atoms with E-state index in [4.69, 9.17) is 25.8 Å². The molecule has 2 aromatic heterocycles. The number of halogens is 4. The van der Waals surface area contributed by atoms with Gasteiger partial charge in [-0.3, -0.25) is 4.90 Å². The van der Waals surface area contributed by atoms with E-state index in [2.05, 4.69) is 15.0 Å². The van der Waals surface area contributed by atoms with E-state index in [0.717, 1.165) is 6.42 Å². The Kier molecular flexibility index (Phi) is 6.89. The molecule has 214 valence electrons. The van der Waals surface area contributed by atoms with Crippen LogP contribution in [-0.4, -0.2) is 100 Å². The second-order valence-corrected chi connectivity index (χ2v) is 12.0. The third kappa shape index (κ3) is 5.22. The van der Waals surface area contributed by atoms with Gasteiger partial charge in [-0.15, -0.1) is 0 Å². The lowest BCUT2D eigenvalue weighted by atomic mass is 9.98. The maximum atomic E-state index is 15.3. The molecule has 3 aliphatic heterocycles. The zero-order valence-electron chi connectivity index (χ0n) is 22.7. The topological polar surface area (TPSA) is 93.2 Å². The molecule has 0 radical (unpaired) electrons. The number of nitrogens with zero attached hydrogens (tertiary/aromatic N) is 6. The summed E-state index contributed by atoms with van der Waals surface area (Å²) in [7, 11) is 3.04. The molecule has 2 fully saturated rings. The SMILES string of the molecule is C[C@@H]1Oc2nc(Cl)c(F)c3nc(OCC(F)(F)CN(C)C)nc(c23)N2C[C@H]3CC[C@@H]([C@@H]12)N3C(=O)OC(C)(C)C. The van der Waals surface area contributed by atoms with Crippen molar-refractivity contribution in [3.05, 3.63) is 11.0 Å². The van der Waals surface area contributed by atoms with Gasteiger partial charge >= 0.3 is 12.1 Å². The Morgan fingerprint density at radius 2 is 1.92 bits per heavy atom. The zero-order valence-corrected chi connectivity index (χ0v) is 23.4. The number of hydrogen-bond acceptors (Lipinski definition) is 9. The van der Waals surface area contributed by atoms with Crippen molar-refractivity contribution in [3.63, 3.8) is 0 Å². The van der Waals surface area contributed by atoms with E-state index in [1.165, 1.54) is 19.0 Å². The van der Waals surface area contributed by atoms with Gasteiger partial charge in [-0.05, 0) is 54.6 Å². The lowest BCUT2D eigenvalue weighted by Crippen LogP contribution is -2.65. The Bertz CT molecular complexity index is 1290. The minimum Gasteiger partial charge on any atom is -0.472 e. The molecule has 39 heavy (non-hydrogen) atoms. The number of fused-ring (bicyclic) bond motifs is 5. The fourth-order valence-corrected chi connectivity index (χ4v) is 5.90. The normalized spacial score (nSPS) is 24.5. The molecule has 3 aliphatic rings. The Hall–Kier alpha value is -2.80. The standard InChI is InChI=1S/C25H32ClF3N6O4/c1-12-18-14-8-7-13(35(14)23(36)39-24(2,3)4)9-34(18)20-15-17(16(27)19(26)31-21(15)38-12)30-22(32-20)37-11-25(28,29)10-33(5)6/h12-14,18H,7-11H2,1-6H3/t12-,13+,14-,18+/m0/s1. The van der Waals surface area contributed by atoms with Crippen LogP contribution in [0.3, 0.4) is 0 Å². The molecule has 14 heteroatoms. The number of piperazine rings is 1. The van der Waals surface area contributed by atoms with E-state index in [-0.39, 0.29) is 34.7 Å². The molecule has 0 unspecified atom stereocenters. The average molecular weight is 573 g/mol. The minimum absolute atomic E-state index is 0.0254. The molecule has 2 aromatic rings. The van der Waals surface area contributed by atoms with Crippen LogP contribution in [0.5, 0.6) is 11.9 Å². The Morgan fingerprint density at radius 1 is 1.21 bits per heavy atom. The third-order valence-electron chi connectivity index (χ3n) is 6.99. The highest BCUT2D eigenvalue weighted by Crippen LogP contribution is 2.46. The highest BCUT2D eigenvalue weighted by Gasteiger charge is 2.53. The zero-order chi connectivity index (χ0) is 28.4. The van der Waals surface area contributed by atoms with Crippen molar-refractivity contribution in [3.8, 4) is 11.9 Å². The first-order valence-electron chi connectivity index (χ1n) is 12.8. The minimum atomic E-state index is -3.20. The number of amides is 1. The predicted molar refractivity (Wildman–Crippen MR) is 137 cm³/mol. The van der Waals surface area contributed by atoms with E-state index in [1.54, 1.807) is 4.90 Å². The van der Waals surface area contributed by atoms with Gasteiger partial charge in [-0.1, -0.05) is 11.6 Å². The van der Waals surface area contributed by atoms with Crippen LogP contribution in [0.4, 0.5) is 23.8 Å².